The lowest BCUT2D eigenvalue weighted by molar-refractivity contribution is 0.111. The van der Waals surface area contributed by atoms with Gasteiger partial charge in [0.25, 0.3) is 0 Å². The second-order valence-corrected chi connectivity index (χ2v) is 5.28. The molecule has 0 aliphatic carbocycles. The Morgan fingerprint density at radius 2 is 2.20 bits per heavy atom. The summed E-state index contributed by atoms with van der Waals surface area (Å²) in [4.78, 5) is 11.7. The van der Waals surface area contributed by atoms with Gasteiger partial charge in [-0.1, -0.05) is 29.5 Å². The van der Waals surface area contributed by atoms with Crippen molar-refractivity contribution in [3.05, 3.63) is 35.3 Å². The third-order valence-corrected chi connectivity index (χ3v) is 3.74. The SMILES string of the molecule is O=C(Nc1nnc(C2CCCO2)s1)Oc1ccccc1. The Kier molecular flexibility index (Phi) is 3.89. The van der Waals surface area contributed by atoms with Gasteiger partial charge in [-0.15, -0.1) is 10.2 Å². The Morgan fingerprint density at radius 1 is 1.35 bits per heavy atom. The molecule has 20 heavy (non-hydrogen) atoms. The van der Waals surface area contributed by atoms with E-state index in [1.54, 1.807) is 24.3 Å². The van der Waals surface area contributed by atoms with Crippen molar-refractivity contribution in [1.82, 2.24) is 10.2 Å². The maximum Gasteiger partial charge on any atom is 0.418 e. The van der Waals surface area contributed by atoms with Crippen molar-refractivity contribution < 1.29 is 14.3 Å². The number of amides is 1. The monoisotopic (exact) mass is 291 g/mol. The number of hydrogen-bond donors (Lipinski definition) is 1. The summed E-state index contributed by atoms with van der Waals surface area (Å²) in [5.74, 6) is 0.480. The first-order valence-electron chi connectivity index (χ1n) is 6.30. The summed E-state index contributed by atoms with van der Waals surface area (Å²) < 4.78 is 10.6. The fourth-order valence-corrected chi connectivity index (χ4v) is 2.71. The van der Waals surface area contributed by atoms with E-state index in [2.05, 4.69) is 15.5 Å². The molecular formula is C13H13N3O3S. The molecule has 0 radical (unpaired) electrons. The van der Waals surface area contributed by atoms with Crippen molar-refractivity contribution in [1.29, 1.82) is 0 Å². The topological polar surface area (TPSA) is 73.3 Å². The largest absolute Gasteiger partial charge is 0.418 e. The molecule has 6 nitrogen and oxygen atoms in total. The van der Waals surface area contributed by atoms with E-state index >= 15 is 0 Å². The van der Waals surface area contributed by atoms with Crippen molar-refractivity contribution in [3.8, 4) is 5.75 Å². The number of carbonyl (C=O) groups excluding carboxylic acids is 1. The van der Waals surface area contributed by atoms with Crippen molar-refractivity contribution in [2.45, 2.75) is 18.9 Å². The van der Waals surface area contributed by atoms with E-state index < -0.39 is 6.09 Å². The van der Waals surface area contributed by atoms with Gasteiger partial charge in [0.2, 0.25) is 5.13 Å². The number of aromatic nitrogens is 2. The van der Waals surface area contributed by atoms with E-state index in [4.69, 9.17) is 9.47 Å². The molecule has 1 unspecified atom stereocenters. The molecule has 1 aliphatic heterocycles. The third-order valence-electron chi connectivity index (χ3n) is 2.81. The second-order valence-electron chi connectivity index (χ2n) is 4.27. The molecular weight excluding hydrogens is 278 g/mol. The van der Waals surface area contributed by atoms with Crippen LogP contribution in [-0.4, -0.2) is 22.9 Å². The first-order valence-corrected chi connectivity index (χ1v) is 7.12. The van der Waals surface area contributed by atoms with Gasteiger partial charge < -0.3 is 9.47 Å². The zero-order chi connectivity index (χ0) is 13.8. The number of anilines is 1. The summed E-state index contributed by atoms with van der Waals surface area (Å²) in [5.41, 5.74) is 0. The number of ether oxygens (including phenoxy) is 2. The van der Waals surface area contributed by atoms with E-state index in [1.807, 2.05) is 6.07 Å². The van der Waals surface area contributed by atoms with Gasteiger partial charge in [-0.05, 0) is 25.0 Å². The Labute approximate surface area is 119 Å². The maximum atomic E-state index is 11.7. The Morgan fingerprint density at radius 3 is 2.95 bits per heavy atom. The molecule has 2 heterocycles. The van der Waals surface area contributed by atoms with Crippen molar-refractivity contribution in [3.63, 3.8) is 0 Å². The summed E-state index contributed by atoms with van der Waals surface area (Å²) >= 11 is 1.31. The third kappa shape index (κ3) is 3.12. The van der Waals surface area contributed by atoms with Crippen LogP contribution in [0.15, 0.2) is 30.3 Å². The number of rotatable bonds is 3. The highest BCUT2D eigenvalue weighted by molar-refractivity contribution is 7.15. The molecule has 3 rings (SSSR count). The molecule has 1 aliphatic rings. The van der Waals surface area contributed by atoms with Crippen LogP contribution in [0.4, 0.5) is 9.93 Å². The number of benzene rings is 1. The lowest BCUT2D eigenvalue weighted by atomic mass is 10.2. The van der Waals surface area contributed by atoms with Gasteiger partial charge in [0.15, 0.2) is 0 Å². The smallest absolute Gasteiger partial charge is 0.410 e. The summed E-state index contributed by atoms with van der Waals surface area (Å²) in [7, 11) is 0. The van der Waals surface area contributed by atoms with Crippen LogP contribution in [0.25, 0.3) is 0 Å². The predicted molar refractivity (Wildman–Crippen MR) is 73.9 cm³/mol. The highest BCUT2D eigenvalue weighted by Gasteiger charge is 2.22. The summed E-state index contributed by atoms with van der Waals surface area (Å²) in [5, 5.41) is 11.7. The molecule has 104 valence electrons. The van der Waals surface area contributed by atoms with Crippen LogP contribution >= 0.6 is 11.3 Å². The lowest BCUT2D eigenvalue weighted by Crippen LogP contribution is -2.16. The van der Waals surface area contributed by atoms with Crippen LogP contribution in [0.3, 0.4) is 0 Å². The molecule has 1 N–H and O–H groups in total. The van der Waals surface area contributed by atoms with Crippen LogP contribution in [0.1, 0.15) is 24.0 Å². The number of hydrogen-bond acceptors (Lipinski definition) is 6. The minimum atomic E-state index is -0.578. The fraction of sp³-hybridized carbons (Fsp3) is 0.308. The van der Waals surface area contributed by atoms with Crippen LogP contribution in [0, 0.1) is 0 Å². The minimum absolute atomic E-state index is 0.00759. The number of nitrogens with zero attached hydrogens (tertiary/aromatic N) is 2. The summed E-state index contributed by atoms with van der Waals surface area (Å²) in [6.45, 7) is 0.753. The van der Waals surface area contributed by atoms with Gasteiger partial charge in [-0.2, -0.15) is 0 Å². The first-order chi connectivity index (χ1) is 9.81. The van der Waals surface area contributed by atoms with E-state index in [-0.39, 0.29) is 6.10 Å². The van der Waals surface area contributed by atoms with E-state index in [1.165, 1.54) is 11.3 Å². The molecule has 1 saturated heterocycles. The first kappa shape index (κ1) is 13.0. The fourth-order valence-electron chi connectivity index (χ4n) is 1.90. The van der Waals surface area contributed by atoms with Crippen molar-refractivity contribution in [2.24, 2.45) is 0 Å². The Hall–Kier alpha value is -1.99. The van der Waals surface area contributed by atoms with Gasteiger partial charge in [0.05, 0.1) is 0 Å². The Balaban J connectivity index is 1.59. The average molecular weight is 291 g/mol. The summed E-state index contributed by atoms with van der Waals surface area (Å²) in [6, 6.07) is 8.85. The van der Waals surface area contributed by atoms with E-state index in [0.717, 1.165) is 24.5 Å². The number of nitrogens with one attached hydrogen (secondary N) is 1. The molecule has 7 heteroatoms. The zero-order valence-electron chi connectivity index (χ0n) is 10.6. The lowest BCUT2D eigenvalue weighted by Gasteiger charge is -2.03. The molecule has 0 bridgehead atoms. The number of carbonyl (C=O) groups is 1. The van der Waals surface area contributed by atoms with Crippen molar-refractivity contribution in [2.75, 3.05) is 11.9 Å². The van der Waals surface area contributed by atoms with Gasteiger partial charge >= 0.3 is 6.09 Å². The second kappa shape index (κ2) is 5.98. The highest BCUT2D eigenvalue weighted by Crippen LogP contribution is 2.31. The van der Waals surface area contributed by atoms with E-state index in [9.17, 15) is 4.79 Å². The molecule has 2 aromatic rings. The van der Waals surface area contributed by atoms with Gasteiger partial charge in [0, 0.05) is 6.61 Å². The summed E-state index contributed by atoms with van der Waals surface area (Å²) in [6.07, 6.45) is 1.41. The van der Waals surface area contributed by atoms with Gasteiger partial charge in [-0.3, -0.25) is 5.32 Å². The highest BCUT2D eigenvalue weighted by atomic mass is 32.1. The van der Waals surface area contributed by atoms with Crippen LogP contribution in [-0.2, 0) is 4.74 Å². The quantitative estimate of drug-likeness (QED) is 0.941. The number of para-hydroxylation sites is 1. The minimum Gasteiger partial charge on any atom is -0.410 e. The molecule has 1 aromatic heterocycles. The van der Waals surface area contributed by atoms with Gasteiger partial charge in [-0.25, -0.2) is 4.79 Å². The standard InChI is InChI=1S/C13H13N3O3S/c17-13(19-9-5-2-1-3-6-9)14-12-16-15-11(20-12)10-7-4-8-18-10/h1-3,5-6,10H,4,7-8H2,(H,14,16,17). The molecule has 1 fully saturated rings. The van der Waals surface area contributed by atoms with Crippen LogP contribution in [0.2, 0.25) is 0 Å². The normalized spacial score (nSPS) is 17.9. The van der Waals surface area contributed by atoms with E-state index in [0.29, 0.717) is 10.9 Å². The molecule has 1 aromatic carbocycles. The average Bonchev–Trinajstić information content (AvgIpc) is 3.10. The maximum absolute atomic E-state index is 11.7. The van der Waals surface area contributed by atoms with Crippen LogP contribution < -0.4 is 10.1 Å². The van der Waals surface area contributed by atoms with Gasteiger partial charge in [0.1, 0.15) is 16.9 Å². The molecule has 1 atom stereocenters. The molecule has 1 amide bonds. The molecule has 0 saturated carbocycles. The Bertz CT molecular complexity index is 582. The predicted octanol–water partition coefficient (Wildman–Crippen LogP) is 3.00. The van der Waals surface area contributed by atoms with Crippen molar-refractivity contribution >= 4 is 22.6 Å². The molecule has 0 spiro atoms. The van der Waals surface area contributed by atoms with Crippen LogP contribution in [0.5, 0.6) is 5.75 Å². The zero-order valence-corrected chi connectivity index (χ0v) is 11.4.